The van der Waals surface area contributed by atoms with E-state index in [0.717, 1.165) is 0 Å². The first-order chi connectivity index (χ1) is 12.3. The lowest BCUT2D eigenvalue weighted by Gasteiger charge is -2.28. The number of rotatable bonds is 4. The number of hydrogen-bond acceptors (Lipinski definition) is 5. The molecule has 1 atom stereocenters. The van der Waals surface area contributed by atoms with E-state index in [1.54, 1.807) is 57.2 Å². The number of ketones is 1. The Morgan fingerprint density at radius 3 is 2.46 bits per heavy atom. The van der Waals surface area contributed by atoms with Crippen LogP contribution in [0, 0.1) is 5.41 Å². The van der Waals surface area contributed by atoms with Gasteiger partial charge in [0, 0.05) is 5.41 Å². The van der Waals surface area contributed by atoms with Crippen LogP contribution in [0.15, 0.2) is 58.4 Å². The van der Waals surface area contributed by atoms with Crippen LogP contribution in [0.4, 0.5) is 5.69 Å². The average molecular weight is 355 g/mol. The van der Waals surface area contributed by atoms with E-state index >= 15 is 0 Å². The smallest absolute Gasteiger partial charge is 0.294 e. The Morgan fingerprint density at radius 2 is 1.88 bits per heavy atom. The van der Waals surface area contributed by atoms with E-state index in [9.17, 15) is 14.7 Å². The molecule has 0 saturated heterocycles. The summed E-state index contributed by atoms with van der Waals surface area (Å²) in [5, 5.41) is 10.5. The van der Waals surface area contributed by atoms with Crippen molar-refractivity contribution in [2.45, 2.75) is 26.8 Å². The minimum absolute atomic E-state index is 0.0309. The normalized spacial score (nSPS) is 17.8. The summed E-state index contributed by atoms with van der Waals surface area (Å²) >= 11 is 0. The molecule has 0 saturated carbocycles. The molecule has 0 radical (unpaired) electrons. The summed E-state index contributed by atoms with van der Waals surface area (Å²) in [6.07, 6.45) is 1.47. The molecule has 6 nitrogen and oxygen atoms in total. The summed E-state index contributed by atoms with van der Waals surface area (Å²) in [5.74, 6) is -0.696. The van der Waals surface area contributed by atoms with E-state index in [1.165, 1.54) is 18.3 Å². The molecular weight excluding hydrogens is 334 g/mol. The van der Waals surface area contributed by atoms with Crippen LogP contribution in [0.2, 0.25) is 0 Å². The van der Waals surface area contributed by atoms with E-state index < -0.39 is 23.1 Å². The fourth-order valence-corrected chi connectivity index (χ4v) is 3.03. The number of Topliss-reactive ketones (excluding diaryl/α,β-unsaturated/α-hetero) is 1. The summed E-state index contributed by atoms with van der Waals surface area (Å²) < 4.78 is 10.9. The van der Waals surface area contributed by atoms with Crippen LogP contribution >= 0.6 is 0 Å². The number of carbonyl (C=O) groups excluding carboxylic acids is 2. The fraction of sp³-hybridized carbons (Fsp3) is 0.300. The second kappa shape index (κ2) is 6.37. The van der Waals surface area contributed by atoms with Gasteiger partial charge in [-0.1, -0.05) is 32.9 Å². The standard InChI is InChI=1S/C20H21NO5/c1-20(2,3)18(23)15-16(14-10-7-11-26-14)21(19(24)17(15)22)12-8-5-6-9-13(12)25-4/h5-11,16,22H,1-4H3. The van der Waals surface area contributed by atoms with Gasteiger partial charge in [-0.2, -0.15) is 0 Å². The molecule has 2 aromatic rings. The number of aliphatic hydroxyl groups excluding tert-OH is 1. The Morgan fingerprint density at radius 1 is 1.19 bits per heavy atom. The number of ether oxygens (including phenoxy) is 1. The zero-order valence-electron chi connectivity index (χ0n) is 15.1. The van der Waals surface area contributed by atoms with Crippen molar-refractivity contribution in [3.8, 4) is 5.75 Å². The quantitative estimate of drug-likeness (QED) is 0.902. The maximum atomic E-state index is 13.0. The number of benzene rings is 1. The van der Waals surface area contributed by atoms with Crippen molar-refractivity contribution in [3.63, 3.8) is 0 Å². The zero-order valence-corrected chi connectivity index (χ0v) is 15.1. The molecule has 3 rings (SSSR count). The van der Waals surface area contributed by atoms with Crippen LogP contribution in [-0.4, -0.2) is 23.9 Å². The summed E-state index contributed by atoms with van der Waals surface area (Å²) in [6, 6.07) is 9.43. The topological polar surface area (TPSA) is 80.0 Å². The molecule has 1 amide bonds. The number of para-hydroxylation sites is 2. The summed E-state index contributed by atoms with van der Waals surface area (Å²) in [6.45, 7) is 5.22. The van der Waals surface area contributed by atoms with Gasteiger partial charge in [0.15, 0.2) is 11.5 Å². The molecule has 136 valence electrons. The van der Waals surface area contributed by atoms with Gasteiger partial charge in [-0.25, -0.2) is 0 Å². The van der Waals surface area contributed by atoms with Gasteiger partial charge in [0.05, 0.1) is 24.6 Å². The van der Waals surface area contributed by atoms with E-state index in [0.29, 0.717) is 17.2 Å². The molecule has 1 aliphatic heterocycles. The zero-order chi connectivity index (χ0) is 19.1. The Bertz CT molecular complexity index is 874. The van der Waals surface area contributed by atoms with Crippen molar-refractivity contribution in [3.05, 3.63) is 59.8 Å². The van der Waals surface area contributed by atoms with E-state index in [1.807, 2.05) is 0 Å². The van der Waals surface area contributed by atoms with Gasteiger partial charge >= 0.3 is 0 Å². The first-order valence-corrected chi connectivity index (χ1v) is 8.25. The highest BCUT2D eigenvalue weighted by atomic mass is 16.5. The van der Waals surface area contributed by atoms with Crippen molar-refractivity contribution in [1.82, 2.24) is 0 Å². The number of amides is 1. The molecule has 1 aliphatic rings. The Kier molecular flexibility index (Phi) is 4.36. The van der Waals surface area contributed by atoms with Crippen molar-refractivity contribution in [1.29, 1.82) is 0 Å². The minimum atomic E-state index is -0.861. The molecule has 0 spiro atoms. The Hall–Kier alpha value is -3.02. The Balaban J connectivity index is 2.21. The molecule has 6 heteroatoms. The third-order valence-corrected chi connectivity index (χ3v) is 4.29. The van der Waals surface area contributed by atoms with Crippen molar-refractivity contribution in [2.75, 3.05) is 12.0 Å². The molecule has 1 aromatic heterocycles. The lowest BCUT2D eigenvalue weighted by molar-refractivity contribution is -0.123. The summed E-state index contributed by atoms with van der Waals surface area (Å²) in [5.41, 5.74) is -0.293. The monoisotopic (exact) mass is 355 g/mol. The van der Waals surface area contributed by atoms with Gasteiger partial charge in [-0.3, -0.25) is 14.5 Å². The molecule has 2 heterocycles. The number of nitrogens with zero attached hydrogens (tertiary/aromatic N) is 1. The maximum absolute atomic E-state index is 13.0. The molecule has 0 fully saturated rings. The van der Waals surface area contributed by atoms with Crippen molar-refractivity contribution >= 4 is 17.4 Å². The minimum Gasteiger partial charge on any atom is -0.503 e. The van der Waals surface area contributed by atoms with Gasteiger partial charge in [0.1, 0.15) is 17.6 Å². The highest BCUT2D eigenvalue weighted by molar-refractivity contribution is 6.17. The van der Waals surface area contributed by atoms with Gasteiger partial charge in [-0.15, -0.1) is 0 Å². The van der Waals surface area contributed by atoms with Crippen LogP contribution < -0.4 is 9.64 Å². The van der Waals surface area contributed by atoms with Gasteiger partial charge < -0.3 is 14.3 Å². The first-order valence-electron chi connectivity index (χ1n) is 8.25. The van der Waals surface area contributed by atoms with Gasteiger partial charge in [-0.05, 0) is 24.3 Å². The van der Waals surface area contributed by atoms with E-state index in [4.69, 9.17) is 9.15 Å². The molecule has 1 N–H and O–H groups in total. The lowest BCUT2D eigenvalue weighted by atomic mass is 9.83. The van der Waals surface area contributed by atoms with E-state index in [-0.39, 0.29) is 11.4 Å². The number of anilines is 1. The Labute approximate surface area is 151 Å². The fourth-order valence-electron chi connectivity index (χ4n) is 3.03. The van der Waals surface area contributed by atoms with Crippen LogP contribution in [0.3, 0.4) is 0 Å². The van der Waals surface area contributed by atoms with Crippen molar-refractivity contribution < 1.29 is 23.8 Å². The van der Waals surface area contributed by atoms with Crippen LogP contribution in [0.25, 0.3) is 0 Å². The third kappa shape index (κ3) is 2.77. The second-order valence-corrected chi connectivity index (χ2v) is 7.11. The van der Waals surface area contributed by atoms with Crippen LogP contribution in [0.5, 0.6) is 5.75 Å². The summed E-state index contributed by atoms with van der Waals surface area (Å²) in [4.78, 5) is 27.2. The molecule has 1 unspecified atom stereocenters. The summed E-state index contributed by atoms with van der Waals surface area (Å²) in [7, 11) is 1.50. The largest absolute Gasteiger partial charge is 0.503 e. The second-order valence-electron chi connectivity index (χ2n) is 7.11. The van der Waals surface area contributed by atoms with Crippen molar-refractivity contribution in [2.24, 2.45) is 5.41 Å². The van der Waals surface area contributed by atoms with Crippen LogP contribution in [-0.2, 0) is 9.59 Å². The molecule has 1 aromatic carbocycles. The number of aliphatic hydroxyl groups is 1. The number of methoxy groups -OCH3 is 1. The maximum Gasteiger partial charge on any atom is 0.294 e. The van der Waals surface area contributed by atoms with Gasteiger partial charge in [0.25, 0.3) is 5.91 Å². The number of furan rings is 1. The molecule has 0 bridgehead atoms. The predicted octanol–water partition coefficient (Wildman–Crippen LogP) is 3.80. The van der Waals surface area contributed by atoms with E-state index in [2.05, 4.69) is 0 Å². The highest BCUT2D eigenvalue weighted by Crippen LogP contribution is 2.45. The number of carbonyl (C=O) groups is 2. The molecule has 0 aliphatic carbocycles. The number of hydrogen-bond donors (Lipinski definition) is 1. The SMILES string of the molecule is COc1ccccc1N1C(=O)C(O)=C(C(=O)C(C)(C)C)C1c1ccco1. The third-order valence-electron chi connectivity index (χ3n) is 4.29. The highest BCUT2D eigenvalue weighted by Gasteiger charge is 2.48. The molecular formula is C20H21NO5. The average Bonchev–Trinajstić information content (AvgIpc) is 3.21. The predicted molar refractivity (Wildman–Crippen MR) is 96.0 cm³/mol. The van der Waals surface area contributed by atoms with Gasteiger partial charge in [0.2, 0.25) is 0 Å². The lowest BCUT2D eigenvalue weighted by Crippen LogP contribution is -2.32. The van der Waals surface area contributed by atoms with Crippen LogP contribution in [0.1, 0.15) is 32.6 Å². The first kappa shape index (κ1) is 17.8. The molecule has 26 heavy (non-hydrogen) atoms.